The highest BCUT2D eigenvalue weighted by Crippen LogP contribution is 2.24. The quantitative estimate of drug-likeness (QED) is 0.750. The molecular weight excluding hydrogens is 392 g/mol. The molecule has 3 aliphatic rings. The molecule has 0 saturated carbocycles. The molecule has 0 aliphatic carbocycles. The molecule has 7 heteroatoms. The van der Waals surface area contributed by atoms with E-state index in [4.69, 9.17) is 0 Å². The lowest BCUT2D eigenvalue weighted by molar-refractivity contribution is -0.141. The number of nitrogens with zero attached hydrogens (tertiary/aromatic N) is 3. The number of aliphatic hydroxyl groups excluding tert-OH is 1. The summed E-state index contributed by atoms with van der Waals surface area (Å²) in [6, 6.07) is 8.44. The van der Waals surface area contributed by atoms with Crippen molar-refractivity contribution in [3.63, 3.8) is 0 Å². The molecule has 2 fully saturated rings. The molecule has 0 radical (unpaired) electrons. The van der Waals surface area contributed by atoms with Gasteiger partial charge in [0.15, 0.2) is 0 Å². The Bertz CT molecular complexity index is 786. The summed E-state index contributed by atoms with van der Waals surface area (Å²) in [6.07, 6.45) is 4.28. The fourth-order valence-corrected chi connectivity index (χ4v) is 5.23. The topological polar surface area (TPSA) is 76.1 Å². The van der Waals surface area contributed by atoms with Crippen molar-refractivity contribution in [2.24, 2.45) is 5.92 Å². The zero-order valence-corrected chi connectivity index (χ0v) is 18.6. The van der Waals surface area contributed by atoms with Gasteiger partial charge in [0, 0.05) is 57.8 Å². The largest absolute Gasteiger partial charge is 0.390 e. The van der Waals surface area contributed by atoms with E-state index in [1.807, 2.05) is 16.7 Å². The van der Waals surface area contributed by atoms with Crippen LogP contribution < -0.4 is 5.32 Å². The second-order valence-electron chi connectivity index (χ2n) is 9.41. The molecule has 2 unspecified atom stereocenters. The number of amides is 3. The summed E-state index contributed by atoms with van der Waals surface area (Å²) in [4.78, 5) is 31.3. The van der Waals surface area contributed by atoms with Crippen LogP contribution in [0.5, 0.6) is 0 Å². The number of hydrogen-bond donors (Lipinski definition) is 2. The van der Waals surface area contributed by atoms with Gasteiger partial charge in [-0.25, -0.2) is 4.79 Å². The molecule has 0 bridgehead atoms. The number of aliphatic hydroxyl groups is 1. The summed E-state index contributed by atoms with van der Waals surface area (Å²) in [5.41, 5.74) is 2.72. The van der Waals surface area contributed by atoms with E-state index in [1.54, 1.807) is 0 Å². The highest BCUT2D eigenvalue weighted by atomic mass is 16.3. The molecule has 3 aliphatic heterocycles. The number of urea groups is 1. The van der Waals surface area contributed by atoms with Gasteiger partial charge in [0.1, 0.15) is 0 Å². The minimum atomic E-state index is -0.598. The average Bonchev–Trinajstić information content (AvgIpc) is 2.79. The van der Waals surface area contributed by atoms with E-state index in [-0.39, 0.29) is 30.4 Å². The molecule has 4 rings (SSSR count). The maximum atomic E-state index is 12.7. The minimum Gasteiger partial charge on any atom is -0.390 e. The van der Waals surface area contributed by atoms with Crippen LogP contribution in [0.15, 0.2) is 24.3 Å². The predicted molar refractivity (Wildman–Crippen MR) is 120 cm³/mol. The van der Waals surface area contributed by atoms with Crippen LogP contribution in [0.2, 0.25) is 0 Å². The first-order valence-corrected chi connectivity index (χ1v) is 11.8. The Labute approximate surface area is 185 Å². The summed E-state index contributed by atoms with van der Waals surface area (Å²) >= 11 is 0. The van der Waals surface area contributed by atoms with E-state index >= 15 is 0 Å². The summed E-state index contributed by atoms with van der Waals surface area (Å²) in [5.74, 6) is 0.326. The van der Waals surface area contributed by atoms with E-state index in [9.17, 15) is 14.7 Å². The van der Waals surface area contributed by atoms with Gasteiger partial charge in [-0.05, 0) is 43.2 Å². The van der Waals surface area contributed by atoms with Crippen LogP contribution in [0, 0.1) is 5.92 Å². The maximum absolute atomic E-state index is 12.7. The third kappa shape index (κ3) is 5.39. The number of β-amino-alcohol motifs (C(OH)–C–C–N with tert-alkyl or cyclic N) is 1. The first-order valence-electron chi connectivity index (χ1n) is 11.8. The van der Waals surface area contributed by atoms with Crippen LogP contribution in [0.1, 0.15) is 43.7 Å². The van der Waals surface area contributed by atoms with Gasteiger partial charge in [-0.15, -0.1) is 0 Å². The number of likely N-dealkylation sites (tertiary alicyclic amines) is 2. The SMILES string of the molecule is CC1CCCN([C@@H]2CCCN(C(=O)NCC(O)CN3CCc4ccccc4C3)C2)C1=O. The van der Waals surface area contributed by atoms with Crippen LogP contribution in [0.3, 0.4) is 0 Å². The lowest BCUT2D eigenvalue weighted by Crippen LogP contribution is -2.56. The number of carbonyl (C=O) groups excluding carboxylic acids is 2. The number of piperidine rings is 2. The van der Waals surface area contributed by atoms with E-state index in [0.717, 1.165) is 51.7 Å². The van der Waals surface area contributed by atoms with Crippen molar-refractivity contribution < 1.29 is 14.7 Å². The van der Waals surface area contributed by atoms with Gasteiger partial charge in [0.05, 0.1) is 6.10 Å². The van der Waals surface area contributed by atoms with Crippen LogP contribution in [-0.2, 0) is 17.8 Å². The van der Waals surface area contributed by atoms with Crippen molar-refractivity contribution in [3.8, 4) is 0 Å². The highest BCUT2D eigenvalue weighted by molar-refractivity contribution is 5.80. The summed E-state index contributed by atoms with van der Waals surface area (Å²) in [6.45, 7) is 6.68. The number of nitrogens with one attached hydrogen (secondary N) is 1. The highest BCUT2D eigenvalue weighted by Gasteiger charge is 2.34. The third-order valence-electron chi connectivity index (χ3n) is 7.03. The Morgan fingerprint density at radius 2 is 1.94 bits per heavy atom. The molecule has 170 valence electrons. The second-order valence-corrected chi connectivity index (χ2v) is 9.41. The van der Waals surface area contributed by atoms with Crippen molar-refractivity contribution in [1.82, 2.24) is 20.0 Å². The molecule has 3 atom stereocenters. The zero-order valence-electron chi connectivity index (χ0n) is 18.6. The lowest BCUT2D eigenvalue weighted by Gasteiger charge is -2.42. The van der Waals surface area contributed by atoms with Crippen LogP contribution in [0.4, 0.5) is 4.79 Å². The monoisotopic (exact) mass is 428 g/mol. The van der Waals surface area contributed by atoms with Gasteiger partial charge >= 0.3 is 6.03 Å². The Hall–Kier alpha value is -2.12. The fraction of sp³-hybridized carbons (Fsp3) is 0.667. The van der Waals surface area contributed by atoms with Crippen LogP contribution in [0.25, 0.3) is 0 Å². The molecule has 3 heterocycles. The average molecular weight is 429 g/mol. The van der Waals surface area contributed by atoms with Gasteiger partial charge in [-0.3, -0.25) is 9.69 Å². The van der Waals surface area contributed by atoms with E-state index in [0.29, 0.717) is 19.6 Å². The van der Waals surface area contributed by atoms with Gasteiger partial charge in [-0.1, -0.05) is 31.2 Å². The molecule has 3 amide bonds. The minimum absolute atomic E-state index is 0.0925. The third-order valence-corrected chi connectivity index (χ3v) is 7.03. The van der Waals surface area contributed by atoms with Crippen LogP contribution >= 0.6 is 0 Å². The predicted octanol–water partition coefficient (Wildman–Crippen LogP) is 1.84. The van der Waals surface area contributed by atoms with E-state index in [1.165, 1.54) is 11.1 Å². The molecule has 7 nitrogen and oxygen atoms in total. The number of fused-ring (bicyclic) bond motifs is 1. The van der Waals surface area contributed by atoms with Crippen molar-refractivity contribution in [1.29, 1.82) is 0 Å². The van der Waals surface area contributed by atoms with Crippen LogP contribution in [-0.4, -0.2) is 83.2 Å². The van der Waals surface area contributed by atoms with Crippen molar-refractivity contribution in [3.05, 3.63) is 35.4 Å². The normalized spacial score (nSPS) is 25.8. The first-order chi connectivity index (χ1) is 15.0. The van der Waals surface area contributed by atoms with Gasteiger partial charge in [0.25, 0.3) is 0 Å². The number of benzene rings is 1. The Morgan fingerprint density at radius 3 is 2.77 bits per heavy atom. The zero-order chi connectivity index (χ0) is 21.8. The molecule has 2 N–H and O–H groups in total. The summed E-state index contributed by atoms with van der Waals surface area (Å²) in [5, 5.41) is 13.4. The van der Waals surface area contributed by atoms with Crippen molar-refractivity contribution in [2.45, 2.75) is 57.7 Å². The number of hydrogen-bond acceptors (Lipinski definition) is 4. The molecule has 2 saturated heterocycles. The smallest absolute Gasteiger partial charge is 0.317 e. The Kier molecular flexibility index (Phi) is 7.13. The first kappa shape index (κ1) is 22.1. The van der Waals surface area contributed by atoms with Crippen molar-refractivity contribution in [2.75, 3.05) is 39.3 Å². The number of rotatable bonds is 5. The van der Waals surface area contributed by atoms with E-state index < -0.39 is 6.10 Å². The summed E-state index contributed by atoms with van der Waals surface area (Å²) in [7, 11) is 0. The molecular formula is C24H36N4O3. The molecule has 0 aromatic heterocycles. The Morgan fingerprint density at radius 1 is 1.16 bits per heavy atom. The second kappa shape index (κ2) is 10.0. The summed E-state index contributed by atoms with van der Waals surface area (Å²) < 4.78 is 0. The van der Waals surface area contributed by atoms with Gasteiger partial charge in [0.2, 0.25) is 5.91 Å². The molecule has 0 spiro atoms. The molecule has 31 heavy (non-hydrogen) atoms. The maximum Gasteiger partial charge on any atom is 0.317 e. The lowest BCUT2D eigenvalue weighted by atomic mass is 9.95. The Balaban J connectivity index is 1.22. The van der Waals surface area contributed by atoms with Crippen molar-refractivity contribution >= 4 is 11.9 Å². The van der Waals surface area contributed by atoms with Gasteiger partial charge in [-0.2, -0.15) is 0 Å². The molecule has 1 aromatic carbocycles. The molecule has 1 aromatic rings. The number of carbonyl (C=O) groups is 2. The van der Waals surface area contributed by atoms with E-state index in [2.05, 4.69) is 34.5 Å². The standard InChI is InChI=1S/C24H36N4O3/c1-18-6-4-12-28(23(18)30)21-9-5-11-27(16-21)24(31)25-14-22(29)17-26-13-10-19-7-2-3-8-20(19)15-26/h2-3,7-8,18,21-22,29H,4-6,9-17H2,1H3,(H,25,31)/t18?,21-,22?/m1/s1. The fourth-order valence-electron chi connectivity index (χ4n) is 5.23. The van der Waals surface area contributed by atoms with Gasteiger partial charge < -0.3 is 20.2 Å².